The normalized spacial score (nSPS) is 19.0. The number of carbonyl (C=O) groups excluding carboxylic acids is 1. The number of anilines is 1. The number of carboxylic acid groups (broad SMARTS) is 1. The van der Waals surface area contributed by atoms with Crippen LogP contribution in [-0.4, -0.2) is 40.1 Å². The second-order valence-electron chi connectivity index (χ2n) is 4.45. The Hall–Kier alpha value is -2.18. The standard InChI is InChI=1S/C12H14FN3O3/c13-9-4-10(6-14-5-9)15-12(19)16-3-1-2-8(7-16)11(17)18/h4-6,8H,1-3,7H2,(H,15,19)(H,17,18). The summed E-state index contributed by atoms with van der Waals surface area (Å²) in [6.45, 7) is 0.669. The predicted molar refractivity (Wildman–Crippen MR) is 65.1 cm³/mol. The molecule has 0 aromatic carbocycles. The largest absolute Gasteiger partial charge is 0.481 e. The van der Waals surface area contributed by atoms with Crippen LogP contribution in [0.25, 0.3) is 0 Å². The second kappa shape index (κ2) is 5.64. The molecule has 7 heteroatoms. The summed E-state index contributed by atoms with van der Waals surface area (Å²) < 4.78 is 12.9. The van der Waals surface area contributed by atoms with Gasteiger partial charge in [0.1, 0.15) is 5.82 Å². The Balaban J connectivity index is 1.98. The zero-order valence-corrected chi connectivity index (χ0v) is 10.2. The van der Waals surface area contributed by atoms with E-state index in [-0.39, 0.29) is 12.2 Å². The Kier molecular flexibility index (Phi) is 3.94. The second-order valence-corrected chi connectivity index (χ2v) is 4.45. The molecule has 0 radical (unpaired) electrons. The van der Waals surface area contributed by atoms with Gasteiger partial charge in [-0.15, -0.1) is 0 Å². The van der Waals surface area contributed by atoms with E-state index in [0.717, 1.165) is 12.3 Å². The van der Waals surface area contributed by atoms with Crippen molar-refractivity contribution in [3.8, 4) is 0 Å². The maximum absolute atomic E-state index is 12.9. The molecule has 102 valence electrons. The van der Waals surface area contributed by atoms with E-state index in [0.29, 0.717) is 19.4 Å². The van der Waals surface area contributed by atoms with E-state index in [9.17, 15) is 14.0 Å². The number of nitrogens with one attached hydrogen (secondary N) is 1. The minimum Gasteiger partial charge on any atom is -0.481 e. The summed E-state index contributed by atoms with van der Waals surface area (Å²) in [6, 6.07) is 0.724. The van der Waals surface area contributed by atoms with Gasteiger partial charge in [0, 0.05) is 19.2 Å². The first kappa shape index (κ1) is 13.3. The molecule has 1 aromatic heterocycles. The van der Waals surface area contributed by atoms with Crippen molar-refractivity contribution in [3.63, 3.8) is 0 Å². The van der Waals surface area contributed by atoms with Crippen molar-refractivity contribution in [1.29, 1.82) is 0 Å². The van der Waals surface area contributed by atoms with Gasteiger partial charge in [-0.05, 0) is 12.8 Å². The molecule has 2 rings (SSSR count). The van der Waals surface area contributed by atoms with Crippen LogP contribution < -0.4 is 5.32 Å². The monoisotopic (exact) mass is 267 g/mol. The third-order valence-electron chi connectivity index (χ3n) is 3.01. The van der Waals surface area contributed by atoms with Crippen LogP contribution in [0, 0.1) is 11.7 Å². The quantitative estimate of drug-likeness (QED) is 0.851. The molecule has 0 bridgehead atoms. The Morgan fingerprint density at radius 3 is 2.95 bits per heavy atom. The van der Waals surface area contributed by atoms with E-state index in [1.165, 1.54) is 11.1 Å². The van der Waals surface area contributed by atoms with E-state index in [1.54, 1.807) is 0 Å². The number of halogens is 1. The lowest BCUT2D eigenvalue weighted by Gasteiger charge is -2.30. The van der Waals surface area contributed by atoms with Crippen LogP contribution >= 0.6 is 0 Å². The SMILES string of the molecule is O=C(O)C1CCCN(C(=O)Nc2cncc(F)c2)C1. The van der Waals surface area contributed by atoms with Crippen molar-refractivity contribution in [2.75, 3.05) is 18.4 Å². The fourth-order valence-electron chi connectivity index (χ4n) is 2.05. The molecule has 0 saturated carbocycles. The van der Waals surface area contributed by atoms with Gasteiger partial charge in [-0.25, -0.2) is 9.18 Å². The van der Waals surface area contributed by atoms with E-state index in [4.69, 9.17) is 5.11 Å². The zero-order chi connectivity index (χ0) is 13.8. The van der Waals surface area contributed by atoms with Crippen molar-refractivity contribution in [2.24, 2.45) is 5.92 Å². The summed E-state index contributed by atoms with van der Waals surface area (Å²) in [7, 11) is 0. The Morgan fingerprint density at radius 1 is 1.47 bits per heavy atom. The van der Waals surface area contributed by atoms with Crippen LogP contribution in [-0.2, 0) is 4.79 Å². The predicted octanol–water partition coefficient (Wildman–Crippen LogP) is 1.55. The number of aliphatic carboxylic acids is 1. The summed E-state index contributed by atoms with van der Waals surface area (Å²) in [5, 5.41) is 11.4. The van der Waals surface area contributed by atoms with Crippen LogP contribution in [0.5, 0.6) is 0 Å². The minimum atomic E-state index is -0.898. The summed E-state index contributed by atoms with van der Waals surface area (Å²) in [5.41, 5.74) is 0.252. The number of hydrogen-bond acceptors (Lipinski definition) is 3. The number of nitrogens with zero attached hydrogens (tertiary/aromatic N) is 2. The lowest BCUT2D eigenvalue weighted by atomic mass is 9.99. The van der Waals surface area contributed by atoms with Crippen LogP contribution in [0.4, 0.5) is 14.9 Å². The molecular formula is C12H14FN3O3. The van der Waals surface area contributed by atoms with Gasteiger partial charge >= 0.3 is 12.0 Å². The van der Waals surface area contributed by atoms with Crippen molar-refractivity contribution >= 4 is 17.7 Å². The molecule has 0 spiro atoms. The van der Waals surface area contributed by atoms with Crippen molar-refractivity contribution in [1.82, 2.24) is 9.88 Å². The molecule has 1 saturated heterocycles. The number of piperidine rings is 1. The number of amides is 2. The zero-order valence-electron chi connectivity index (χ0n) is 10.2. The van der Waals surface area contributed by atoms with Gasteiger partial charge in [-0.2, -0.15) is 0 Å². The van der Waals surface area contributed by atoms with Crippen LogP contribution in [0.3, 0.4) is 0 Å². The fraction of sp³-hybridized carbons (Fsp3) is 0.417. The number of carbonyl (C=O) groups is 2. The highest BCUT2D eigenvalue weighted by atomic mass is 19.1. The van der Waals surface area contributed by atoms with Crippen molar-refractivity contribution < 1.29 is 19.1 Å². The number of urea groups is 1. The van der Waals surface area contributed by atoms with Crippen molar-refractivity contribution in [2.45, 2.75) is 12.8 Å². The lowest BCUT2D eigenvalue weighted by Crippen LogP contribution is -2.44. The lowest BCUT2D eigenvalue weighted by molar-refractivity contribution is -0.143. The topological polar surface area (TPSA) is 82.5 Å². The van der Waals surface area contributed by atoms with Gasteiger partial charge in [0.05, 0.1) is 24.0 Å². The summed E-state index contributed by atoms with van der Waals surface area (Å²) in [4.78, 5) is 27.9. The van der Waals surface area contributed by atoms with Gasteiger partial charge in [-0.3, -0.25) is 9.78 Å². The Labute approximate surface area is 109 Å². The van der Waals surface area contributed by atoms with E-state index >= 15 is 0 Å². The van der Waals surface area contributed by atoms with Gasteiger partial charge < -0.3 is 15.3 Å². The highest BCUT2D eigenvalue weighted by Gasteiger charge is 2.28. The number of aromatic nitrogens is 1. The average molecular weight is 267 g/mol. The molecule has 19 heavy (non-hydrogen) atoms. The molecule has 1 aliphatic heterocycles. The maximum Gasteiger partial charge on any atom is 0.321 e. The highest BCUT2D eigenvalue weighted by molar-refractivity contribution is 5.89. The average Bonchev–Trinajstić information content (AvgIpc) is 2.39. The smallest absolute Gasteiger partial charge is 0.321 e. The number of rotatable bonds is 2. The van der Waals surface area contributed by atoms with Crippen LogP contribution in [0.15, 0.2) is 18.5 Å². The van der Waals surface area contributed by atoms with Gasteiger partial charge in [0.25, 0.3) is 0 Å². The minimum absolute atomic E-state index is 0.171. The molecule has 6 nitrogen and oxygen atoms in total. The molecule has 2 heterocycles. The molecule has 0 aliphatic carbocycles. The van der Waals surface area contributed by atoms with Gasteiger partial charge in [-0.1, -0.05) is 0 Å². The molecule has 2 N–H and O–H groups in total. The highest BCUT2D eigenvalue weighted by Crippen LogP contribution is 2.18. The van der Waals surface area contributed by atoms with E-state index in [1.807, 2.05) is 0 Å². The van der Waals surface area contributed by atoms with E-state index in [2.05, 4.69) is 10.3 Å². The van der Waals surface area contributed by atoms with Crippen LogP contribution in [0.2, 0.25) is 0 Å². The van der Waals surface area contributed by atoms with E-state index < -0.39 is 23.7 Å². The molecule has 2 amide bonds. The molecular weight excluding hydrogens is 253 g/mol. The summed E-state index contributed by atoms with van der Waals surface area (Å²) in [6.07, 6.45) is 3.59. The first-order valence-corrected chi connectivity index (χ1v) is 5.95. The first-order chi connectivity index (χ1) is 9.06. The number of carboxylic acids is 1. The molecule has 1 unspecified atom stereocenters. The fourth-order valence-corrected chi connectivity index (χ4v) is 2.05. The first-order valence-electron chi connectivity index (χ1n) is 5.95. The molecule has 1 atom stereocenters. The molecule has 1 aliphatic rings. The molecule has 1 aromatic rings. The van der Waals surface area contributed by atoms with Crippen molar-refractivity contribution in [3.05, 3.63) is 24.3 Å². The third kappa shape index (κ3) is 3.40. The number of hydrogen-bond donors (Lipinski definition) is 2. The summed E-state index contributed by atoms with van der Waals surface area (Å²) in [5.74, 6) is -1.98. The summed E-state index contributed by atoms with van der Waals surface area (Å²) >= 11 is 0. The number of pyridine rings is 1. The molecule has 1 fully saturated rings. The van der Waals surface area contributed by atoms with Gasteiger partial charge in [0.2, 0.25) is 0 Å². The van der Waals surface area contributed by atoms with Gasteiger partial charge in [0.15, 0.2) is 0 Å². The number of likely N-dealkylation sites (tertiary alicyclic amines) is 1. The Morgan fingerprint density at radius 2 is 2.26 bits per heavy atom. The Bertz CT molecular complexity index is 495. The maximum atomic E-state index is 12.9. The third-order valence-corrected chi connectivity index (χ3v) is 3.01. The van der Waals surface area contributed by atoms with Crippen LogP contribution in [0.1, 0.15) is 12.8 Å².